The van der Waals surface area contributed by atoms with Crippen LogP contribution in [-0.4, -0.2) is 21.9 Å². The Morgan fingerprint density at radius 3 is 2.64 bits per heavy atom. The van der Waals surface area contributed by atoms with Gasteiger partial charge >= 0.3 is 0 Å². The standard InChI is InChI=1S/C17H22N4O/c1-11(2)19-16-9-15(20-13(4)21-16)17(22)18-10-14-7-5-6-12(3)8-14/h5-9,11H,10H2,1-4H3,(H,18,22)(H,19,20,21). The third-order valence-corrected chi connectivity index (χ3v) is 3.04. The fraction of sp³-hybridized carbons (Fsp3) is 0.353. The highest BCUT2D eigenvalue weighted by atomic mass is 16.1. The Morgan fingerprint density at radius 1 is 1.18 bits per heavy atom. The van der Waals surface area contributed by atoms with E-state index in [0.717, 1.165) is 5.56 Å². The van der Waals surface area contributed by atoms with Gasteiger partial charge in [0.15, 0.2) is 0 Å². The maximum Gasteiger partial charge on any atom is 0.270 e. The number of amides is 1. The van der Waals surface area contributed by atoms with Crippen molar-refractivity contribution < 1.29 is 4.79 Å². The van der Waals surface area contributed by atoms with Crippen molar-refractivity contribution in [1.29, 1.82) is 0 Å². The number of nitrogens with zero attached hydrogens (tertiary/aromatic N) is 2. The van der Waals surface area contributed by atoms with Crippen molar-refractivity contribution in [2.45, 2.75) is 40.3 Å². The monoisotopic (exact) mass is 298 g/mol. The molecule has 5 nitrogen and oxygen atoms in total. The number of anilines is 1. The summed E-state index contributed by atoms with van der Waals surface area (Å²) in [6.07, 6.45) is 0. The van der Waals surface area contributed by atoms with Crippen LogP contribution in [0.2, 0.25) is 0 Å². The lowest BCUT2D eigenvalue weighted by Gasteiger charge is -2.11. The molecule has 0 saturated heterocycles. The molecular formula is C17H22N4O. The summed E-state index contributed by atoms with van der Waals surface area (Å²) in [5.74, 6) is 1.05. The number of hydrogen-bond acceptors (Lipinski definition) is 4. The minimum absolute atomic E-state index is 0.196. The van der Waals surface area contributed by atoms with Crippen LogP contribution in [0.3, 0.4) is 0 Å². The zero-order chi connectivity index (χ0) is 16.1. The molecule has 0 unspecified atom stereocenters. The Kier molecular flexibility index (Phi) is 5.09. The van der Waals surface area contributed by atoms with E-state index in [0.29, 0.717) is 23.9 Å². The van der Waals surface area contributed by atoms with Gasteiger partial charge in [-0.05, 0) is 33.3 Å². The molecule has 2 N–H and O–H groups in total. The minimum atomic E-state index is -0.196. The normalized spacial score (nSPS) is 10.6. The number of aromatic nitrogens is 2. The summed E-state index contributed by atoms with van der Waals surface area (Å²) in [6, 6.07) is 9.98. The second-order valence-electron chi connectivity index (χ2n) is 5.66. The minimum Gasteiger partial charge on any atom is -0.368 e. The summed E-state index contributed by atoms with van der Waals surface area (Å²) in [5, 5.41) is 6.08. The van der Waals surface area contributed by atoms with Gasteiger partial charge in [0.05, 0.1) is 0 Å². The number of carbonyl (C=O) groups excluding carboxylic acids is 1. The third kappa shape index (κ3) is 4.55. The highest BCUT2D eigenvalue weighted by Crippen LogP contribution is 2.09. The molecule has 0 spiro atoms. The average molecular weight is 298 g/mol. The molecule has 5 heteroatoms. The Balaban J connectivity index is 2.07. The molecule has 0 aliphatic heterocycles. The predicted molar refractivity (Wildman–Crippen MR) is 87.9 cm³/mol. The Hall–Kier alpha value is -2.43. The van der Waals surface area contributed by atoms with Crippen molar-refractivity contribution in [1.82, 2.24) is 15.3 Å². The van der Waals surface area contributed by atoms with Gasteiger partial charge in [0.25, 0.3) is 5.91 Å². The fourth-order valence-corrected chi connectivity index (χ4v) is 2.15. The van der Waals surface area contributed by atoms with Crippen molar-refractivity contribution in [3.8, 4) is 0 Å². The summed E-state index contributed by atoms with van der Waals surface area (Å²) < 4.78 is 0. The molecular weight excluding hydrogens is 276 g/mol. The van der Waals surface area contributed by atoms with Crippen molar-refractivity contribution in [2.24, 2.45) is 0 Å². The topological polar surface area (TPSA) is 66.9 Å². The maximum atomic E-state index is 12.3. The molecule has 1 heterocycles. The SMILES string of the molecule is Cc1cccc(CNC(=O)c2cc(NC(C)C)nc(C)n2)c1. The maximum absolute atomic E-state index is 12.3. The molecule has 2 aromatic rings. The second-order valence-corrected chi connectivity index (χ2v) is 5.66. The van der Waals surface area contributed by atoms with Crippen molar-refractivity contribution in [3.05, 3.63) is 53.0 Å². The molecule has 0 aliphatic carbocycles. The van der Waals surface area contributed by atoms with Gasteiger partial charge in [0.1, 0.15) is 17.3 Å². The first-order valence-corrected chi connectivity index (χ1v) is 7.40. The number of nitrogens with one attached hydrogen (secondary N) is 2. The summed E-state index contributed by atoms with van der Waals surface area (Å²) in [7, 11) is 0. The Bertz CT molecular complexity index is 667. The van der Waals surface area contributed by atoms with E-state index >= 15 is 0 Å². The number of aryl methyl sites for hydroxylation is 2. The smallest absolute Gasteiger partial charge is 0.270 e. The van der Waals surface area contributed by atoms with Crippen molar-refractivity contribution >= 4 is 11.7 Å². The number of carbonyl (C=O) groups is 1. The number of rotatable bonds is 5. The summed E-state index contributed by atoms with van der Waals surface area (Å²) >= 11 is 0. The molecule has 0 bridgehead atoms. The zero-order valence-corrected chi connectivity index (χ0v) is 13.5. The molecule has 0 aliphatic rings. The Morgan fingerprint density at radius 2 is 1.95 bits per heavy atom. The lowest BCUT2D eigenvalue weighted by atomic mass is 10.1. The van der Waals surface area contributed by atoms with Crippen LogP contribution in [0.1, 0.15) is 41.3 Å². The van der Waals surface area contributed by atoms with Gasteiger partial charge in [-0.3, -0.25) is 4.79 Å². The molecule has 1 aromatic heterocycles. The first kappa shape index (κ1) is 15.9. The van der Waals surface area contributed by atoms with E-state index in [1.165, 1.54) is 5.56 Å². The van der Waals surface area contributed by atoms with Crippen LogP contribution >= 0.6 is 0 Å². The van der Waals surface area contributed by atoms with Gasteiger partial charge in [-0.2, -0.15) is 0 Å². The molecule has 22 heavy (non-hydrogen) atoms. The second kappa shape index (κ2) is 7.02. The van der Waals surface area contributed by atoms with Crippen LogP contribution in [0, 0.1) is 13.8 Å². The van der Waals surface area contributed by atoms with Gasteiger partial charge in [-0.1, -0.05) is 29.8 Å². The molecule has 0 atom stereocenters. The van der Waals surface area contributed by atoms with E-state index in [-0.39, 0.29) is 11.9 Å². The average Bonchev–Trinajstić information content (AvgIpc) is 2.43. The van der Waals surface area contributed by atoms with Gasteiger partial charge in [-0.15, -0.1) is 0 Å². The van der Waals surface area contributed by atoms with Crippen LogP contribution in [0.15, 0.2) is 30.3 Å². The highest BCUT2D eigenvalue weighted by molar-refractivity contribution is 5.92. The molecule has 1 aromatic carbocycles. The van der Waals surface area contributed by atoms with Crippen LogP contribution in [-0.2, 0) is 6.54 Å². The quantitative estimate of drug-likeness (QED) is 0.890. The Labute approximate surface area is 131 Å². The molecule has 0 saturated carbocycles. The first-order chi connectivity index (χ1) is 10.4. The first-order valence-electron chi connectivity index (χ1n) is 7.40. The largest absolute Gasteiger partial charge is 0.368 e. The van der Waals surface area contributed by atoms with Crippen LogP contribution in [0.25, 0.3) is 0 Å². The van der Waals surface area contributed by atoms with Crippen molar-refractivity contribution in [2.75, 3.05) is 5.32 Å². The lowest BCUT2D eigenvalue weighted by Crippen LogP contribution is -2.25. The summed E-state index contributed by atoms with van der Waals surface area (Å²) in [5.41, 5.74) is 2.62. The molecule has 0 fully saturated rings. The molecule has 2 rings (SSSR count). The van der Waals surface area contributed by atoms with Gasteiger partial charge in [0, 0.05) is 18.7 Å². The zero-order valence-electron chi connectivity index (χ0n) is 13.5. The van der Waals surface area contributed by atoms with E-state index in [2.05, 4.69) is 26.7 Å². The number of hydrogen-bond donors (Lipinski definition) is 2. The van der Waals surface area contributed by atoms with Crippen LogP contribution < -0.4 is 10.6 Å². The van der Waals surface area contributed by atoms with E-state index in [9.17, 15) is 4.79 Å². The lowest BCUT2D eigenvalue weighted by molar-refractivity contribution is 0.0945. The molecule has 1 amide bonds. The summed E-state index contributed by atoms with van der Waals surface area (Å²) in [4.78, 5) is 20.8. The predicted octanol–water partition coefficient (Wildman–Crippen LogP) is 2.84. The summed E-state index contributed by atoms with van der Waals surface area (Å²) in [6.45, 7) is 8.34. The van der Waals surface area contributed by atoms with Crippen LogP contribution in [0.5, 0.6) is 0 Å². The van der Waals surface area contributed by atoms with Gasteiger partial charge < -0.3 is 10.6 Å². The molecule has 116 valence electrons. The third-order valence-electron chi connectivity index (χ3n) is 3.04. The van der Waals surface area contributed by atoms with Gasteiger partial charge in [-0.25, -0.2) is 9.97 Å². The van der Waals surface area contributed by atoms with E-state index in [1.54, 1.807) is 13.0 Å². The van der Waals surface area contributed by atoms with E-state index < -0.39 is 0 Å². The highest BCUT2D eigenvalue weighted by Gasteiger charge is 2.10. The fourth-order valence-electron chi connectivity index (χ4n) is 2.15. The van der Waals surface area contributed by atoms with E-state index in [4.69, 9.17) is 0 Å². The molecule has 0 radical (unpaired) electrons. The van der Waals surface area contributed by atoms with Gasteiger partial charge in [0.2, 0.25) is 0 Å². The van der Waals surface area contributed by atoms with Crippen molar-refractivity contribution in [3.63, 3.8) is 0 Å². The van der Waals surface area contributed by atoms with Crippen LogP contribution in [0.4, 0.5) is 5.82 Å². The van der Waals surface area contributed by atoms with E-state index in [1.807, 2.05) is 39.0 Å². The number of benzene rings is 1.